The highest BCUT2D eigenvalue weighted by molar-refractivity contribution is 5.15. The van der Waals surface area contributed by atoms with E-state index in [4.69, 9.17) is 0 Å². The maximum Gasteiger partial charge on any atom is 0.0487 e. The third-order valence-electron chi connectivity index (χ3n) is 4.38. The molecule has 2 nitrogen and oxygen atoms in total. The monoisotopic (exact) mass is 247 g/mol. The Labute approximate surface area is 110 Å². The van der Waals surface area contributed by atoms with Crippen LogP contribution in [0.5, 0.6) is 0 Å². The first kappa shape index (κ1) is 13.5. The van der Waals surface area contributed by atoms with Crippen LogP contribution in [0.1, 0.15) is 56.2 Å². The van der Waals surface area contributed by atoms with Crippen LogP contribution in [-0.4, -0.2) is 16.7 Å². The van der Waals surface area contributed by atoms with E-state index in [2.05, 4.69) is 17.1 Å². The van der Waals surface area contributed by atoms with Crippen molar-refractivity contribution in [2.45, 2.75) is 58.3 Å². The summed E-state index contributed by atoms with van der Waals surface area (Å²) >= 11 is 0. The molecule has 1 N–H and O–H groups in total. The summed E-state index contributed by atoms with van der Waals surface area (Å²) in [5.74, 6) is 0. The quantitative estimate of drug-likeness (QED) is 0.861. The van der Waals surface area contributed by atoms with Crippen molar-refractivity contribution in [1.29, 1.82) is 0 Å². The normalized spacial score (nSPS) is 18.8. The molecule has 0 amide bonds. The van der Waals surface area contributed by atoms with Gasteiger partial charge in [0.1, 0.15) is 0 Å². The van der Waals surface area contributed by atoms with Crippen molar-refractivity contribution in [3.8, 4) is 0 Å². The highest BCUT2D eigenvalue weighted by Gasteiger charge is 2.30. The van der Waals surface area contributed by atoms with Crippen LogP contribution in [0.4, 0.5) is 0 Å². The fourth-order valence-corrected chi connectivity index (χ4v) is 3.22. The molecule has 0 atom stereocenters. The molecule has 1 aliphatic rings. The van der Waals surface area contributed by atoms with Crippen LogP contribution in [0, 0.1) is 12.3 Å². The number of hydrogen-bond acceptors (Lipinski definition) is 2. The van der Waals surface area contributed by atoms with E-state index in [1.165, 1.54) is 50.5 Å². The van der Waals surface area contributed by atoms with Crippen LogP contribution in [0.25, 0.3) is 0 Å². The minimum Gasteiger partial charge on any atom is -0.396 e. The van der Waals surface area contributed by atoms with Crippen molar-refractivity contribution in [2.75, 3.05) is 6.61 Å². The van der Waals surface area contributed by atoms with Crippen LogP contribution >= 0.6 is 0 Å². The molecule has 1 fully saturated rings. The van der Waals surface area contributed by atoms with Gasteiger partial charge < -0.3 is 5.11 Å². The summed E-state index contributed by atoms with van der Waals surface area (Å²) in [6.07, 6.45) is 11.8. The summed E-state index contributed by atoms with van der Waals surface area (Å²) < 4.78 is 0. The summed E-state index contributed by atoms with van der Waals surface area (Å²) in [6, 6.07) is 4.28. The van der Waals surface area contributed by atoms with Gasteiger partial charge in [-0.05, 0) is 62.1 Å². The van der Waals surface area contributed by atoms with Crippen molar-refractivity contribution >= 4 is 0 Å². The lowest BCUT2D eigenvalue weighted by Gasteiger charge is -2.35. The second-order valence-electron chi connectivity index (χ2n) is 5.88. The minimum absolute atomic E-state index is 0.236. The summed E-state index contributed by atoms with van der Waals surface area (Å²) in [7, 11) is 0. The smallest absolute Gasteiger partial charge is 0.0487 e. The molecule has 18 heavy (non-hydrogen) atoms. The molecule has 0 spiro atoms. The molecular formula is C16H25NO. The highest BCUT2D eigenvalue weighted by atomic mass is 16.3. The number of rotatable bonds is 5. The van der Waals surface area contributed by atoms with E-state index in [9.17, 15) is 5.11 Å². The van der Waals surface area contributed by atoms with Gasteiger partial charge in [0.15, 0.2) is 0 Å². The van der Waals surface area contributed by atoms with Crippen molar-refractivity contribution in [2.24, 2.45) is 5.41 Å². The molecule has 1 aromatic rings. The Hall–Kier alpha value is -0.890. The van der Waals surface area contributed by atoms with Crippen LogP contribution < -0.4 is 0 Å². The second-order valence-corrected chi connectivity index (χ2v) is 5.88. The first-order valence-corrected chi connectivity index (χ1v) is 7.27. The highest BCUT2D eigenvalue weighted by Crippen LogP contribution is 2.39. The largest absolute Gasteiger partial charge is 0.396 e. The number of hydrogen-bond donors (Lipinski definition) is 1. The van der Waals surface area contributed by atoms with Gasteiger partial charge in [0.25, 0.3) is 0 Å². The van der Waals surface area contributed by atoms with Crippen molar-refractivity contribution in [1.82, 2.24) is 4.98 Å². The topological polar surface area (TPSA) is 33.1 Å². The molecule has 0 unspecified atom stereocenters. The first-order valence-electron chi connectivity index (χ1n) is 7.27. The number of aliphatic hydroxyl groups excluding tert-OH is 1. The van der Waals surface area contributed by atoms with E-state index in [0.29, 0.717) is 6.61 Å². The second kappa shape index (κ2) is 6.33. The Kier molecular flexibility index (Phi) is 4.76. The summed E-state index contributed by atoms with van der Waals surface area (Å²) in [5.41, 5.74) is 2.72. The maximum atomic E-state index is 9.67. The molecule has 0 aromatic carbocycles. The third-order valence-corrected chi connectivity index (χ3v) is 4.38. The number of nitrogens with zero attached hydrogens (tertiary/aromatic N) is 1. The Morgan fingerprint density at radius 3 is 2.72 bits per heavy atom. The van der Waals surface area contributed by atoms with Gasteiger partial charge in [-0.15, -0.1) is 0 Å². The van der Waals surface area contributed by atoms with Gasteiger partial charge in [0, 0.05) is 18.5 Å². The Bertz CT molecular complexity index is 369. The number of aromatic nitrogens is 1. The molecule has 0 saturated heterocycles. The van der Waals surface area contributed by atoms with E-state index in [-0.39, 0.29) is 5.41 Å². The van der Waals surface area contributed by atoms with E-state index >= 15 is 0 Å². The van der Waals surface area contributed by atoms with Gasteiger partial charge in [0.2, 0.25) is 0 Å². The lowest BCUT2D eigenvalue weighted by atomic mass is 9.71. The van der Waals surface area contributed by atoms with Gasteiger partial charge in [-0.25, -0.2) is 0 Å². The van der Waals surface area contributed by atoms with Gasteiger partial charge in [-0.2, -0.15) is 0 Å². The van der Waals surface area contributed by atoms with E-state index in [1.807, 2.05) is 13.1 Å². The third kappa shape index (κ3) is 3.55. The van der Waals surface area contributed by atoms with Crippen LogP contribution in [-0.2, 0) is 6.42 Å². The molecule has 1 aliphatic carbocycles. The molecule has 0 radical (unpaired) electrons. The number of pyridine rings is 1. The molecule has 1 aromatic heterocycles. The predicted molar refractivity (Wildman–Crippen MR) is 74.5 cm³/mol. The first-order chi connectivity index (χ1) is 8.74. The van der Waals surface area contributed by atoms with Crippen molar-refractivity contribution < 1.29 is 5.11 Å². The predicted octanol–water partition coefficient (Wildman–Crippen LogP) is 3.66. The SMILES string of the molecule is Cc1cc(CCCC2(CO)CCCCC2)ccn1. The Morgan fingerprint density at radius 2 is 2.06 bits per heavy atom. The zero-order valence-corrected chi connectivity index (χ0v) is 11.5. The van der Waals surface area contributed by atoms with E-state index in [0.717, 1.165) is 12.1 Å². The molecule has 2 heteroatoms. The average molecular weight is 247 g/mol. The van der Waals surface area contributed by atoms with E-state index < -0.39 is 0 Å². The Balaban J connectivity index is 1.83. The lowest BCUT2D eigenvalue weighted by Crippen LogP contribution is -2.28. The van der Waals surface area contributed by atoms with Crippen LogP contribution in [0.15, 0.2) is 18.3 Å². The average Bonchev–Trinajstić information content (AvgIpc) is 2.40. The molecule has 0 aliphatic heterocycles. The zero-order chi connectivity index (χ0) is 12.8. The standard InChI is InChI=1S/C16H25NO/c1-14-12-15(7-11-17-14)6-5-10-16(13-18)8-3-2-4-9-16/h7,11-12,18H,2-6,8-10,13H2,1H3. The summed E-state index contributed by atoms with van der Waals surface area (Å²) in [4.78, 5) is 4.23. The van der Waals surface area contributed by atoms with Gasteiger partial charge in [-0.3, -0.25) is 4.98 Å². The molecular weight excluding hydrogens is 222 g/mol. The van der Waals surface area contributed by atoms with Gasteiger partial charge in [0.05, 0.1) is 0 Å². The summed E-state index contributed by atoms with van der Waals surface area (Å²) in [6.45, 7) is 2.42. The summed E-state index contributed by atoms with van der Waals surface area (Å²) in [5, 5.41) is 9.67. The van der Waals surface area contributed by atoms with Gasteiger partial charge >= 0.3 is 0 Å². The van der Waals surface area contributed by atoms with Gasteiger partial charge in [-0.1, -0.05) is 19.3 Å². The fourth-order valence-electron chi connectivity index (χ4n) is 3.22. The molecule has 1 heterocycles. The minimum atomic E-state index is 0.236. The molecule has 1 saturated carbocycles. The van der Waals surface area contributed by atoms with Crippen molar-refractivity contribution in [3.63, 3.8) is 0 Å². The molecule has 2 rings (SSSR count). The lowest BCUT2D eigenvalue weighted by molar-refractivity contribution is 0.0715. The van der Waals surface area contributed by atoms with Crippen molar-refractivity contribution in [3.05, 3.63) is 29.6 Å². The molecule has 100 valence electrons. The number of aryl methyl sites for hydroxylation is 2. The Morgan fingerprint density at radius 1 is 1.28 bits per heavy atom. The van der Waals surface area contributed by atoms with E-state index in [1.54, 1.807) is 0 Å². The molecule has 0 bridgehead atoms. The zero-order valence-electron chi connectivity index (χ0n) is 11.5. The fraction of sp³-hybridized carbons (Fsp3) is 0.688. The van der Waals surface area contributed by atoms with Crippen LogP contribution in [0.3, 0.4) is 0 Å². The number of aliphatic hydroxyl groups is 1. The maximum absolute atomic E-state index is 9.67. The van der Waals surface area contributed by atoms with Crippen LogP contribution in [0.2, 0.25) is 0 Å².